The fourth-order valence-corrected chi connectivity index (χ4v) is 0.490. The average Bonchev–Trinajstić information content (AvgIpc) is 2.34. The quantitative estimate of drug-likeness (QED) is 0.583. The van der Waals surface area contributed by atoms with E-state index in [0.29, 0.717) is 12.3 Å². The Bertz CT molecular complexity index is 171. The number of hydrogen-bond donors (Lipinski definition) is 1. The smallest absolute Gasteiger partial charge is 0.293 e. The predicted octanol–water partition coefficient (Wildman–Crippen LogP) is 0.0827. The first-order valence-corrected chi connectivity index (χ1v) is 2.47. The van der Waals surface area contributed by atoms with Crippen LogP contribution in [-0.2, 0) is 16.1 Å². The van der Waals surface area contributed by atoms with E-state index in [0.717, 1.165) is 0 Å². The first-order chi connectivity index (χ1) is 4.43. The van der Waals surface area contributed by atoms with E-state index in [9.17, 15) is 4.79 Å². The van der Waals surface area contributed by atoms with Gasteiger partial charge in [-0.3, -0.25) is 4.79 Å². The summed E-state index contributed by atoms with van der Waals surface area (Å²) in [6.07, 6.45) is 3.27. The molecule has 0 unspecified atom stereocenters. The second-order valence-corrected chi connectivity index (χ2v) is 1.44. The molecule has 0 aliphatic heterocycles. The van der Waals surface area contributed by atoms with Crippen LogP contribution in [0.25, 0.3) is 0 Å². The van der Waals surface area contributed by atoms with Gasteiger partial charge in [-0.05, 0) is 0 Å². The van der Waals surface area contributed by atoms with Gasteiger partial charge >= 0.3 is 0 Å². The van der Waals surface area contributed by atoms with Crippen molar-refractivity contribution < 1.29 is 9.53 Å². The average molecular weight is 126 g/mol. The van der Waals surface area contributed by atoms with Crippen molar-refractivity contribution >= 4 is 6.47 Å². The highest BCUT2D eigenvalue weighted by atomic mass is 16.5. The Morgan fingerprint density at radius 2 is 2.78 bits per heavy atom. The monoisotopic (exact) mass is 126 g/mol. The van der Waals surface area contributed by atoms with Crippen LogP contribution >= 0.6 is 0 Å². The fourth-order valence-electron chi connectivity index (χ4n) is 0.490. The second kappa shape index (κ2) is 2.86. The predicted molar refractivity (Wildman–Crippen MR) is 29.4 cm³/mol. The fraction of sp³-hybridized carbons (Fsp3) is 0.200. The van der Waals surface area contributed by atoms with Crippen LogP contribution in [0.4, 0.5) is 0 Å². The number of rotatable bonds is 3. The lowest BCUT2D eigenvalue weighted by atomic mass is 10.7. The summed E-state index contributed by atoms with van der Waals surface area (Å²) < 4.78 is 4.40. The number of nitrogens with one attached hydrogen (secondary N) is 1. The molecular weight excluding hydrogens is 120 g/mol. The molecule has 0 aromatic carbocycles. The number of ether oxygens (including phenoxy) is 1. The maximum absolute atomic E-state index is 9.64. The van der Waals surface area contributed by atoms with Crippen molar-refractivity contribution in [1.82, 2.24) is 9.97 Å². The third-order valence-corrected chi connectivity index (χ3v) is 0.843. The number of aromatic nitrogens is 2. The highest BCUT2D eigenvalue weighted by Gasteiger charge is 1.90. The van der Waals surface area contributed by atoms with Gasteiger partial charge in [-0.15, -0.1) is 0 Å². The topological polar surface area (TPSA) is 55.0 Å². The molecular formula is C5H6N2O2. The standard InChI is InChI=1S/C5H6N2O2/c8-4-9-3-5-6-1-2-7-5/h1-2,4H,3H2,(H,6,7). The zero-order valence-electron chi connectivity index (χ0n) is 4.70. The minimum absolute atomic E-state index is 0.219. The molecule has 9 heavy (non-hydrogen) atoms. The third kappa shape index (κ3) is 1.56. The molecule has 4 nitrogen and oxygen atoms in total. The zero-order valence-corrected chi connectivity index (χ0v) is 4.70. The van der Waals surface area contributed by atoms with Crippen LogP contribution in [-0.4, -0.2) is 16.4 Å². The van der Waals surface area contributed by atoms with Gasteiger partial charge in [0.15, 0.2) is 0 Å². The molecule has 1 rings (SSSR count). The molecule has 0 amide bonds. The van der Waals surface area contributed by atoms with Crippen molar-refractivity contribution in [3.63, 3.8) is 0 Å². The number of hydrogen-bond acceptors (Lipinski definition) is 3. The van der Waals surface area contributed by atoms with Crippen LogP contribution in [0.15, 0.2) is 12.4 Å². The molecule has 1 heterocycles. The van der Waals surface area contributed by atoms with Crippen molar-refractivity contribution in [3.8, 4) is 0 Å². The van der Waals surface area contributed by atoms with Gasteiger partial charge in [-0.1, -0.05) is 0 Å². The minimum Gasteiger partial charge on any atom is -0.460 e. The molecule has 1 aromatic rings. The van der Waals surface area contributed by atoms with E-state index in [1.807, 2.05) is 0 Å². The molecule has 0 aliphatic rings. The number of imidazole rings is 1. The van der Waals surface area contributed by atoms with Crippen LogP contribution in [0.5, 0.6) is 0 Å². The summed E-state index contributed by atoms with van der Waals surface area (Å²) in [6, 6.07) is 0. The Labute approximate surface area is 51.9 Å². The molecule has 0 saturated heterocycles. The molecule has 0 radical (unpaired) electrons. The van der Waals surface area contributed by atoms with Crippen LogP contribution in [0.3, 0.4) is 0 Å². The minimum atomic E-state index is 0.219. The van der Waals surface area contributed by atoms with Gasteiger partial charge in [0.2, 0.25) is 0 Å². The third-order valence-electron chi connectivity index (χ3n) is 0.843. The van der Waals surface area contributed by atoms with Gasteiger partial charge < -0.3 is 9.72 Å². The number of aromatic amines is 1. The molecule has 1 N–H and O–H groups in total. The highest BCUT2D eigenvalue weighted by molar-refractivity contribution is 5.36. The molecule has 0 fully saturated rings. The van der Waals surface area contributed by atoms with Crippen LogP contribution in [0.2, 0.25) is 0 Å². The Balaban J connectivity index is 2.38. The van der Waals surface area contributed by atoms with Gasteiger partial charge in [0.1, 0.15) is 12.4 Å². The molecule has 0 saturated carbocycles. The second-order valence-electron chi connectivity index (χ2n) is 1.44. The number of nitrogens with zero attached hydrogens (tertiary/aromatic N) is 1. The van der Waals surface area contributed by atoms with Crippen molar-refractivity contribution in [2.45, 2.75) is 6.61 Å². The van der Waals surface area contributed by atoms with E-state index < -0.39 is 0 Å². The summed E-state index contributed by atoms with van der Waals surface area (Å²) in [5.41, 5.74) is 0. The lowest BCUT2D eigenvalue weighted by Gasteiger charge is -1.90. The van der Waals surface area contributed by atoms with Crippen molar-refractivity contribution in [2.24, 2.45) is 0 Å². The molecule has 4 heteroatoms. The molecule has 0 aliphatic carbocycles. The zero-order chi connectivity index (χ0) is 6.53. The van der Waals surface area contributed by atoms with Gasteiger partial charge in [-0.25, -0.2) is 4.98 Å². The molecule has 1 aromatic heterocycles. The summed E-state index contributed by atoms with van der Waals surface area (Å²) in [6.45, 7) is 0.610. The van der Waals surface area contributed by atoms with Crippen LogP contribution < -0.4 is 0 Å². The maximum Gasteiger partial charge on any atom is 0.293 e. The first kappa shape index (κ1) is 5.81. The van der Waals surface area contributed by atoms with Gasteiger partial charge in [0, 0.05) is 12.4 Å². The van der Waals surface area contributed by atoms with E-state index in [1.165, 1.54) is 0 Å². The van der Waals surface area contributed by atoms with Crippen molar-refractivity contribution in [1.29, 1.82) is 0 Å². The first-order valence-electron chi connectivity index (χ1n) is 2.47. The van der Waals surface area contributed by atoms with Gasteiger partial charge in [0.25, 0.3) is 6.47 Å². The SMILES string of the molecule is O=COCc1ncc[nH]1. The maximum atomic E-state index is 9.64. The summed E-state index contributed by atoms with van der Waals surface area (Å²) in [5, 5.41) is 0. The molecule has 48 valence electrons. The summed E-state index contributed by atoms with van der Waals surface area (Å²) in [4.78, 5) is 16.2. The Kier molecular flexibility index (Phi) is 1.85. The lowest BCUT2D eigenvalue weighted by Crippen LogP contribution is -1.91. The number of carbonyl (C=O) groups excluding carboxylic acids is 1. The van der Waals surface area contributed by atoms with Crippen molar-refractivity contribution in [2.75, 3.05) is 0 Å². The van der Waals surface area contributed by atoms with Crippen LogP contribution in [0.1, 0.15) is 5.82 Å². The Morgan fingerprint density at radius 3 is 3.33 bits per heavy atom. The Morgan fingerprint density at radius 1 is 1.89 bits per heavy atom. The van der Waals surface area contributed by atoms with E-state index in [1.54, 1.807) is 12.4 Å². The molecule has 0 bridgehead atoms. The molecule has 0 spiro atoms. The number of carbonyl (C=O) groups is 1. The lowest BCUT2D eigenvalue weighted by molar-refractivity contribution is -0.130. The van der Waals surface area contributed by atoms with Crippen molar-refractivity contribution in [3.05, 3.63) is 18.2 Å². The van der Waals surface area contributed by atoms with E-state index >= 15 is 0 Å². The molecule has 0 atom stereocenters. The van der Waals surface area contributed by atoms with E-state index in [-0.39, 0.29) is 6.61 Å². The Hall–Kier alpha value is -1.32. The summed E-state index contributed by atoms with van der Waals surface area (Å²) >= 11 is 0. The largest absolute Gasteiger partial charge is 0.460 e. The summed E-state index contributed by atoms with van der Waals surface area (Å²) in [7, 11) is 0. The van der Waals surface area contributed by atoms with Crippen LogP contribution in [0, 0.1) is 0 Å². The number of H-pyrrole nitrogens is 1. The van der Waals surface area contributed by atoms with Gasteiger partial charge in [-0.2, -0.15) is 0 Å². The summed E-state index contributed by atoms with van der Waals surface area (Å²) in [5.74, 6) is 0.655. The van der Waals surface area contributed by atoms with Gasteiger partial charge in [0.05, 0.1) is 0 Å². The van der Waals surface area contributed by atoms with E-state index in [2.05, 4.69) is 14.7 Å². The highest BCUT2D eigenvalue weighted by Crippen LogP contribution is 1.88. The van der Waals surface area contributed by atoms with E-state index in [4.69, 9.17) is 0 Å². The normalized spacial score (nSPS) is 8.89.